The van der Waals surface area contributed by atoms with Gasteiger partial charge < -0.3 is 13.9 Å². The molecule has 2 aromatic carbocycles. The van der Waals surface area contributed by atoms with Crippen LogP contribution in [-0.4, -0.2) is 30.8 Å². The molecule has 0 unspecified atom stereocenters. The number of rotatable bonds is 5. The van der Waals surface area contributed by atoms with Gasteiger partial charge >= 0.3 is 5.91 Å². The van der Waals surface area contributed by atoms with Crippen molar-refractivity contribution in [1.82, 2.24) is 5.01 Å². The van der Waals surface area contributed by atoms with Crippen LogP contribution in [0.1, 0.15) is 34.1 Å². The largest absolute Gasteiger partial charge is 0.497 e. The zero-order valence-corrected chi connectivity index (χ0v) is 18.6. The molecule has 1 aliphatic rings. The normalized spacial score (nSPS) is 15.8. The van der Waals surface area contributed by atoms with Crippen LogP contribution >= 0.6 is 27.5 Å². The highest BCUT2D eigenvalue weighted by Gasteiger charge is 2.36. The van der Waals surface area contributed by atoms with Gasteiger partial charge in [0.15, 0.2) is 10.4 Å². The van der Waals surface area contributed by atoms with E-state index in [0.717, 1.165) is 16.8 Å². The Morgan fingerprint density at radius 2 is 1.83 bits per heavy atom. The van der Waals surface area contributed by atoms with Gasteiger partial charge in [-0.3, -0.25) is 4.79 Å². The van der Waals surface area contributed by atoms with Crippen molar-refractivity contribution in [3.05, 3.63) is 81.2 Å². The first-order chi connectivity index (χ1) is 14.5. The number of furan rings is 1. The van der Waals surface area contributed by atoms with Crippen molar-refractivity contribution in [2.75, 3.05) is 14.2 Å². The molecule has 1 atom stereocenters. The summed E-state index contributed by atoms with van der Waals surface area (Å²) < 4.78 is 16.7. The standard InChI is InChI=1S/C22H18BrClN2O4/c1-28-14-9-13(10-15(11-14)29-2)18-12-19(16-5-3-4-6-17(16)24)26(25-18)22(27)20-7-8-21(23)30-20/h3-11,19H,12H2,1-2H3/t19-/m0/s1. The minimum atomic E-state index is -0.373. The smallest absolute Gasteiger partial charge is 0.310 e. The molecule has 0 saturated heterocycles. The van der Waals surface area contributed by atoms with Crippen molar-refractivity contribution in [2.45, 2.75) is 12.5 Å². The van der Waals surface area contributed by atoms with Crippen molar-refractivity contribution < 1.29 is 18.7 Å². The second kappa shape index (κ2) is 8.53. The Labute approximate surface area is 187 Å². The van der Waals surface area contributed by atoms with Gasteiger partial charge in [-0.25, -0.2) is 5.01 Å². The quantitative estimate of drug-likeness (QED) is 0.461. The first kappa shape index (κ1) is 20.5. The van der Waals surface area contributed by atoms with Crippen LogP contribution in [0.4, 0.5) is 0 Å². The molecule has 0 saturated carbocycles. The highest BCUT2D eigenvalue weighted by molar-refractivity contribution is 9.10. The molecule has 1 amide bonds. The summed E-state index contributed by atoms with van der Waals surface area (Å²) in [6.45, 7) is 0. The second-order valence-electron chi connectivity index (χ2n) is 6.64. The predicted octanol–water partition coefficient (Wildman–Crippen LogP) is 5.70. The molecule has 2 heterocycles. The van der Waals surface area contributed by atoms with Gasteiger partial charge in [0.1, 0.15) is 11.5 Å². The highest BCUT2D eigenvalue weighted by Crippen LogP contribution is 2.38. The molecule has 0 radical (unpaired) electrons. The SMILES string of the molecule is COc1cc(OC)cc(C2=NN(C(=O)c3ccc(Br)o3)[C@H](c3ccccc3Cl)C2)c1. The fourth-order valence-corrected chi connectivity index (χ4v) is 3.94. The number of carbonyl (C=O) groups excluding carboxylic acids is 1. The molecular formula is C22H18BrClN2O4. The van der Waals surface area contributed by atoms with E-state index in [0.29, 0.717) is 27.6 Å². The average molecular weight is 490 g/mol. The maximum absolute atomic E-state index is 13.2. The summed E-state index contributed by atoms with van der Waals surface area (Å²) in [6.07, 6.45) is 0.480. The van der Waals surface area contributed by atoms with E-state index < -0.39 is 0 Å². The molecule has 6 nitrogen and oxygen atoms in total. The molecule has 0 spiro atoms. The molecular weight excluding hydrogens is 472 g/mol. The lowest BCUT2D eigenvalue weighted by atomic mass is 9.98. The molecule has 4 rings (SSSR count). The molecule has 1 aliphatic heterocycles. The molecule has 0 bridgehead atoms. The number of halogens is 2. The maximum Gasteiger partial charge on any atom is 0.310 e. The molecule has 0 N–H and O–H groups in total. The number of hydrogen-bond acceptors (Lipinski definition) is 5. The number of nitrogens with zero attached hydrogens (tertiary/aromatic N) is 2. The number of hydrogen-bond donors (Lipinski definition) is 0. The van der Waals surface area contributed by atoms with Gasteiger partial charge in [0.2, 0.25) is 0 Å². The number of benzene rings is 2. The van der Waals surface area contributed by atoms with E-state index in [1.807, 2.05) is 30.3 Å². The van der Waals surface area contributed by atoms with E-state index in [9.17, 15) is 4.79 Å². The number of hydrazone groups is 1. The first-order valence-electron chi connectivity index (χ1n) is 9.14. The number of amides is 1. The third-order valence-corrected chi connectivity index (χ3v) is 5.62. The van der Waals surface area contributed by atoms with Crippen molar-refractivity contribution in [1.29, 1.82) is 0 Å². The summed E-state index contributed by atoms with van der Waals surface area (Å²) in [5.41, 5.74) is 2.34. The minimum Gasteiger partial charge on any atom is -0.497 e. The van der Waals surface area contributed by atoms with Crippen molar-refractivity contribution in [2.24, 2.45) is 5.10 Å². The molecule has 1 aromatic heterocycles. The summed E-state index contributed by atoms with van der Waals surface area (Å²) in [5, 5.41) is 6.64. The lowest BCUT2D eigenvalue weighted by Crippen LogP contribution is -2.27. The molecule has 3 aromatic rings. The van der Waals surface area contributed by atoms with E-state index >= 15 is 0 Å². The Balaban J connectivity index is 1.78. The van der Waals surface area contributed by atoms with Gasteiger partial charge in [0.05, 0.1) is 26.0 Å². The topological polar surface area (TPSA) is 64.3 Å². The summed E-state index contributed by atoms with van der Waals surface area (Å²) >= 11 is 9.69. The zero-order chi connectivity index (χ0) is 21.3. The van der Waals surface area contributed by atoms with E-state index in [1.54, 1.807) is 38.5 Å². The summed E-state index contributed by atoms with van der Waals surface area (Å²) in [5.74, 6) is 1.12. The van der Waals surface area contributed by atoms with Crippen LogP contribution in [0.3, 0.4) is 0 Å². The van der Waals surface area contributed by atoms with Gasteiger partial charge in [0.25, 0.3) is 0 Å². The fourth-order valence-electron chi connectivity index (χ4n) is 3.38. The van der Waals surface area contributed by atoms with E-state index in [1.165, 1.54) is 5.01 Å². The van der Waals surface area contributed by atoms with E-state index in [-0.39, 0.29) is 17.7 Å². The Kier molecular flexibility index (Phi) is 5.83. The highest BCUT2D eigenvalue weighted by atomic mass is 79.9. The Morgan fingerprint density at radius 1 is 1.13 bits per heavy atom. The minimum absolute atomic E-state index is 0.187. The third-order valence-electron chi connectivity index (χ3n) is 4.85. The van der Waals surface area contributed by atoms with Crippen molar-refractivity contribution in [3.8, 4) is 11.5 Å². The number of ether oxygens (including phenoxy) is 2. The Hall–Kier alpha value is -2.77. The number of methoxy groups -OCH3 is 2. The maximum atomic E-state index is 13.2. The summed E-state index contributed by atoms with van der Waals surface area (Å²) in [6, 6.07) is 15.9. The molecule has 8 heteroatoms. The predicted molar refractivity (Wildman–Crippen MR) is 117 cm³/mol. The molecule has 30 heavy (non-hydrogen) atoms. The van der Waals surface area contributed by atoms with Gasteiger partial charge in [-0.05, 0) is 51.8 Å². The molecule has 0 fully saturated rings. The van der Waals surface area contributed by atoms with Crippen LogP contribution in [-0.2, 0) is 0 Å². The molecule has 154 valence electrons. The lowest BCUT2D eigenvalue weighted by molar-refractivity contribution is 0.0677. The van der Waals surface area contributed by atoms with Crippen LogP contribution in [0.25, 0.3) is 0 Å². The van der Waals surface area contributed by atoms with E-state index in [2.05, 4.69) is 21.0 Å². The van der Waals surface area contributed by atoms with Crippen molar-refractivity contribution in [3.63, 3.8) is 0 Å². The van der Waals surface area contributed by atoms with Gasteiger partial charge in [-0.1, -0.05) is 29.8 Å². The van der Waals surface area contributed by atoms with Crippen molar-refractivity contribution >= 4 is 39.1 Å². The first-order valence-corrected chi connectivity index (χ1v) is 10.3. The van der Waals surface area contributed by atoms with Crippen LogP contribution < -0.4 is 9.47 Å². The van der Waals surface area contributed by atoms with Gasteiger partial charge in [0, 0.05) is 23.1 Å². The third kappa shape index (κ3) is 3.95. The van der Waals surface area contributed by atoms with E-state index in [4.69, 9.17) is 25.5 Å². The monoisotopic (exact) mass is 488 g/mol. The van der Waals surface area contributed by atoms with Crippen LogP contribution in [0.15, 0.2) is 68.8 Å². The fraction of sp³-hybridized carbons (Fsp3) is 0.182. The average Bonchev–Trinajstić information content (AvgIpc) is 3.40. The lowest BCUT2D eigenvalue weighted by Gasteiger charge is -2.22. The van der Waals surface area contributed by atoms with Gasteiger partial charge in [-0.15, -0.1) is 0 Å². The number of carbonyl (C=O) groups is 1. The van der Waals surface area contributed by atoms with Crippen LogP contribution in [0, 0.1) is 0 Å². The van der Waals surface area contributed by atoms with Crippen LogP contribution in [0.2, 0.25) is 5.02 Å². The summed E-state index contributed by atoms with van der Waals surface area (Å²) in [4.78, 5) is 13.2. The zero-order valence-electron chi connectivity index (χ0n) is 16.3. The second-order valence-corrected chi connectivity index (χ2v) is 7.83. The molecule has 0 aliphatic carbocycles. The Morgan fingerprint density at radius 3 is 2.43 bits per heavy atom. The van der Waals surface area contributed by atoms with Gasteiger partial charge in [-0.2, -0.15) is 5.10 Å². The summed E-state index contributed by atoms with van der Waals surface area (Å²) in [7, 11) is 3.18. The Bertz CT molecular complexity index is 1110. The van der Waals surface area contributed by atoms with Crippen LogP contribution in [0.5, 0.6) is 11.5 Å².